The van der Waals surface area contributed by atoms with Crippen molar-refractivity contribution in [1.82, 2.24) is 10.6 Å². The molecule has 0 bridgehead atoms. The van der Waals surface area contributed by atoms with Crippen LogP contribution < -0.4 is 15.5 Å². The van der Waals surface area contributed by atoms with E-state index in [-0.39, 0.29) is 36.5 Å². The number of hydrogen-bond donors (Lipinski definition) is 2. The smallest absolute Gasteiger partial charge is 0.328 e. The highest BCUT2D eigenvalue weighted by Crippen LogP contribution is 2.19. The summed E-state index contributed by atoms with van der Waals surface area (Å²) < 4.78 is 5.32. The summed E-state index contributed by atoms with van der Waals surface area (Å²) in [6, 6.07) is 10.8. The van der Waals surface area contributed by atoms with E-state index >= 15 is 0 Å². The maximum absolute atomic E-state index is 11.9. The second-order valence-electron chi connectivity index (χ2n) is 7.55. The Morgan fingerprint density at radius 3 is 2.63 bits per heavy atom. The molecule has 2 N–H and O–H groups in total. The van der Waals surface area contributed by atoms with Gasteiger partial charge in [0.25, 0.3) is 0 Å². The third-order valence-corrected chi connectivity index (χ3v) is 4.01. The van der Waals surface area contributed by atoms with Crippen molar-refractivity contribution in [1.29, 1.82) is 0 Å². The Hall–Kier alpha value is -1.51. The molecule has 1 atom stereocenters. The van der Waals surface area contributed by atoms with Crippen LogP contribution in [-0.4, -0.2) is 49.8 Å². The molecular formula is C20H33IN4O2. The molecule has 152 valence electrons. The molecule has 1 aliphatic rings. The van der Waals surface area contributed by atoms with Crippen molar-refractivity contribution in [3.63, 3.8) is 0 Å². The first-order valence-electron chi connectivity index (χ1n) is 9.44. The molecule has 1 fully saturated rings. The number of aliphatic imine (C=N–C) groups is 1. The molecule has 0 aromatic heterocycles. The number of hydrogen-bond acceptors (Lipinski definition) is 4. The van der Waals surface area contributed by atoms with Crippen molar-refractivity contribution in [3.8, 4) is 0 Å². The molecule has 1 aromatic rings. The Bertz CT molecular complexity index is 602. The molecule has 1 heterocycles. The average Bonchev–Trinajstić information content (AvgIpc) is 2.59. The van der Waals surface area contributed by atoms with Gasteiger partial charge in [0.05, 0.1) is 0 Å². The third kappa shape index (κ3) is 8.81. The van der Waals surface area contributed by atoms with E-state index in [2.05, 4.69) is 44.8 Å². The first-order valence-corrected chi connectivity index (χ1v) is 9.44. The molecule has 0 radical (unpaired) electrons. The minimum Gasteiger partial charge on any atom is -0.459 e. The number of carbonyl (C=O) groups excluding carboxylic acids is 1. The van der Waals surface area contributed by atoms with Crippen LogP contribution in [0.3, 0.4) is 0 Å². The summed E-state index contributed by atoms with van der Waals surface area (Å²) in [5.74, 6) is 0.350. The van der Waals surface area contributed by atoms with Crippen LogP contribution in [0.25, 0.3) is 0 Å². The lowest BCUT2D eigenvalue weighted by Crippen LogP contribution is -2.51. The molecule has 7 heteroatoms. The number of halogens is 1. The normalized spacial score (nSPS) is 17.7. The molecular weight excluding hydrogens is 455 g/mol. The lowest BCUT2D eigenvalue weighted by Gasteiger charge is -2.35. The second kappa shape index (κ2) is 11.4. The number of para-hydroxylation sites is 1. The minimum absolute atomic E-state index is 0. The van der Waals surface area contributed by atoms with Crippen LogP contribution in [0.4, 0.5) is 5.69 Å². The van der Waals surface area contributed by atoms with Gasteiger partial charge in [-0.3, -0.25) is 4.79 Å². The number of ether oxygens (including phenoxy) is 1. The van der Waals surface area contributed by atoms with Crippen LogP contribution in [0, 0.1) is 0 Å². The fraction of sp³-hybridized carbons (Fsp3) is 0.600. The number of carbonyl (C=O) groups is 1. The third-order valence-electron chi connectivity index (χ3n) is 4.01. The number of benzene rings is 1. The van der Waals surface area contributed by atoms with Crippen molar-refractivity contribution < 1.29 is 9.53 Å². The van der Waals surface area contributed by atoms with Gasteiger partial charge in [-0.2, -0.15) is 0 Å². The Morgan fingerprint density at radius 1 is 1.30 bits per heavy atom. The van der Waals surface area contributed by atoms with E-state index in [0.29, 0.717) is 12.0 Å². The summed E-state index contributed by atoms with van der Waals surface area (Å²) in [5.41, 5.74) is 0.757. The number of anilines is 1. The molecule has 1 saturated heterocycles. The van der Waals surface area contributed by atoms with Gasteiger partial charge in [0.1, 0.15) is 12.1 Å². The number of piperidine rings is 1. The van der Waals surface area contributed by atoms with Gasteiger partial charge in [-0.25, -0.2) is 4.99 Å². The van der Waals surface area contributed by atoms with Crippen LogP contribution in [-0.2, 0) is 9.53 Å². The number of nitrogens with zero attached hydrogens (tertiary/aromatic N) is 2. The van der Waals surface area contributed by atoms with Crippen molar-refractivity contribution in [2.75, 3.05) is 31.1 Å². The van der Waals surface area contributed by atoms with E-state index < -0.39 is 5.60 Å². The first kappa shape index (κ1) is 23.5. The SMILES string of the molecule is CCNC(=NCC(=O)OC(C)(C)C)NC1CCCN(c2ccccc2)C1.I. The zero-order chi connectivity index (χ0) is 19.0. The Morgan fingerprint density at radius 2 is 2.00 bits per heavy atom. The average molecular weight is 488 g/mol. The summed E-state index contributed by atoms with van der Waals surface area (Å²) in [5, 5.41) is 6.68. The van der Waals surface area contributed by atoms with E-state index in [1.807, 2.05) is 33.8 Å². The molecule has 1 unspecified atom stereocenters. The molecule has 0 aliphatic carbocycles. The highest BCUT2D eigenvalue weighted by atomic mass is 127. The van der Waals surface area contributed by atoms with Gasteiger partial charge in [0.15, 0.2) is 5.96 Å². The van der Waals surface area contributed by atoms with Crippen LogP contribution >= 0.6 is 24.0 Å². The maximum atomic E-state index is 11.9. The van der Waals surface area contributed by atoms with E-state index in [9.17, 15) is 4.79 Å². The molecule has 6 nitrogen and oxygen atoms in total. The maximum Gasteiger partial charge on any atom is 0.328 e. The second-order valence-corrected chi connectivity index (χ2v) is 7.55. The topological polar surface area (TPSA) is 66.0 Å². The Balaban J connectivity index is 0.00000364. The number of rotatable bonds is 5. The van der Waals surface area contributed by atoms with Gasteiger partial charge in [-0.1, -0.05) is 18.2 Å². The predicted molar refractivity (Wildman–Crippen MR) is 122 cm³/mol. The van der Waals surface area contributed by atoms with Crippen LogP contribution in [0.15, 0.2) is 35.3 Å². The summed E-state index contributed by atoms with van der Waals surface area (Å²) in [6.45, 7) is 10.3. The highest BCUT2D eigenvalue weighted by Gasteiger charge is 2.21. The fourth-order valence-corrected chi connectivity index (χ4v) is 3.00. The quantitative estimate of drug-likeness (QED) is 0.289. The zero-order valence-electron chi connectivity index (χ0n) is 16.8. The van der Waals surface area contributed by atoms with Crippen LogP contribution in [0.5, 0.6) is 0 Å². The van der Waals surface area contributed by atoms with Gasteiger partial charge in [-0.05, 0) is 52.7 Å². The lowest BCUT2D eigenvalue weighted by atomic mass is 10.1. The van der Waals surface area contributed by atoms with E-state index in [1.54, 1.807) is 0 Å². The fourth-order valence-electron chi connectivity index (χ4n) is 3.00. The van der Waals surface area contributed by atoms with Crippen LogP contribution in [0.2, 0.25) is 0 Å². The van der Waals surface area contributed by atoms with Gasteiger partial charge in [-0.15, -0.1) is 24.0 Å². The molecule has 0 saturated carbocycles. The summed E-state index contributed by atoms with van der Waals surface area (Å²) in [6.07, 6.45) is 2.21. The highest BCUT2D eigenvalue weighted by molar-refractivity contribution is 14.0. The van der Waals surface area contributed by atoms with Crippen molar-refractivity contribution in [3.05, 3.63) is 30.3 Å². The summed E-state index contributed by atoms with van der Waals surface area (Å²) in [7, 11) is 0. The molecule has 1 aliphatic heterocycles. The zero-order valence-corrected chi connectivity index (χ0v) is 19.2. The number of esters is 1. The lowest BCUT2D eigenvalue weighted by molar-refractivity contribution is -0.152. The van der Waals surface area contributed by atoms with Gasteiger partial charge < -0.3 is 20.3 Å². The molecule has 2 rings (SSSR count). The Labute approximate surface area is 180 Å². The van der Waals surface area contributed by atoms with E-state index in [4.69, 9.17) is 4.74 Å². The summed E-state index contributed by atoms with van der Waals surface area (Å²) >= 11 is 0. The monoisotopic (exact) mass is 488 g/mol. The molecule has 0 amide bonds. The van der Waals surface area contributed by atoms with E-state index in [1.165, 1.54) is 5.69 Å². The van der Waals surface area contributed by atoms with Gasteiger partial charge in [0, 0.05) is 31.4 Å². The standard InChI is InChI=1S/C20H32N4O2.HI/c1-5-21-19(22-14-18(25)26-20(2,3)4)23-16-10-9-13-24(15-16)17-11-7-6-8-12-17;/h6-8,11-12,16H,5,9-10,13-15H2,1-4H3,(H2,21,22,23);1H. The number of guanidine groups is 1. The molecule has 1 aromatic carbocycles. The van der Waals surface area contributed by atoms with Gasteiger partial charge in [0.2, 0.25) is 0 Å². The number of nitrogens with one attached hydrogen (secondary N) is 2. The Kier molecular flexibility index (Phi) is 9.90. The van der Waals surface area contributed by atoms with Crippen molar-refractivity contribution in [2.24, 2.45) is 4.99 Å². The van der Waals surface area contributed by atoms with Crippen molar-refractivity contribution >= 4 is 41.6 Å². The molecule has 0 spiro atoms. The van der Waals surface area contributed by atoms with Crippen molar-refractivity contribution in [2.45, 2.75) is 52.2 Å². The molecule has 27 heavy (non-hydrogen) atoms. The van der Waals surface area contributed by atoms with E-state index in [0.717, 1.165) is 32.5 Å². The first-order chi connectivity index (χ1) is 12.4. The van der Waals surface area contributed by atoms with Crippen LogP contribution in [0.1, 0.15) is 40.5 Å². The predicted octanol–water partition coefficient (Wildman–Crippen LogP) is 3.17. The largest absolute Gasteiger partial charge is 0.459 e. The minimum atomic E-state index is -0.488. The van der Waals surface area contributed by atoms with Gasteiger partial charge >= 0.3 is 5.97 Å². The summed E-state index contributed by atoms with van der Waals surface area (Å²) in [4.78, 5) is 18.7.